The first kappa shape index (κ1) is 17.7. The second-order valence-corrected chi connectivity index (χ2v) is 7.59. The van der Waals surface area contributed by atoms with E-state index in [2.05, 4.69) is 43.1 Å². The van der Waals surface area contributed by atoms with Crippen LogP contribution in [0.1, 0.15) is 63.3 Å². The molecule has 0 radical (unpaired) electrons. The molecule has 0 spiro atoms. The third-order valence-corrected chi connectivity index (χ3v) is 4.97. The Balaban J connectivity index is 1.98. The number of hydrogen-bond donors (Lipinski definition) is 1. The molecule has 0 aliphatic heterocycles. The van der Waals surface area contributed by atoms with E-state index in [-0.39, 0.29) is 17.4 Å². The minimum atomic E-state index is 0.00326. The molecular weight excluding hydrogens is 308 g/mol. The van der Waals surface area contributed by atoms with Gasteiger partial charge in [0.05, 0.1) is 29.4 Å². The summed E-state index contributed by atoms with van der Waals surface area (Å²) in [4.78, 5) is 16.9. The molecule has 1 amide bonds. The zero-order chi connectivity index (χ0) is 17.0. The molecule has 0 saturated carbocycles. The molecule has 0 bridgehead atoms. The number of carbonyl (C=O) groups excluding carboxylic acids is 1. The fraction of sp³-hybridized carbons (Fsp3) is 0.588. The number of carbonyl (C=O) groups is 1. The highest BCUT2D eigenvalue weighted by Gasteiger charge is 2.20. The molecule has 2 rings (SSSR count). The van der Waals surface area contributed by atoms with E-state index in [9.17, 15) is 4.79 Å². The number of nitrogens with zero attached hydrogens (tertiary/aromatic N) is 3. The molecular formula is C17H26N4OS. The minimum absolute atomic E-state index is 0.00326. The average Bonchev–Trinajstić information content (AvgIpc) is 3.12. The van der Waals surface area contributed by atoms with Crippen molar-refractivity contribution in [1.82, 2.24) is 20.1 Å². The molecule has 2 aromatic heterocycles. The quantitative estimate of drug-likeness (QED) is 0.880. The number of aryl methyl sites for hydroxylation is 1. The fourth-order valence-corrected chi connectivity index (χ4v) is 3.20. The highest BCUT2D eigenvalue weighted by Crippen LogP contribution is 2.25. The lowest BCUT2D eigenvalue weighted by molar-refractivity contribution is -0.121. The summed E-state index contributed by atoms with van der Waals surface area (Å²) in [6.07, 6.45) is 4.99. The van der Waals surface area contributed by atoms with Crippen LogP contribution in [-0.2, 0) is 23.2 Å². The summed E-state index contributed by atoms with van der Waals surface area (Å²) in [5.41, 5.74) is 1.92. The van der Waals surface area contributed by atoms with Crippen LogP contribution in [0.5, 0.6) is 0 Å². The van der Waals surface area contributed by atoms with Gasteiger partial charge in [-0.05, 0) is 13.3 Å². The van der Waals surface area contributed by atoms with Gasteiger partial charge < -0.3 is 5.32 Å². The third kappa shape index (κ3) is 4.64. The second-order valence-electron chi connectivity index (χ2n) is 6.73. The van der Waals surface area contributed by atoms with Crippen molar-refractivity contribution in [3.8, 4) is 0 Å². The van der Waals surface area contributed by atoms with Crippen LogP contribution >= 0.6 is 11.3 Å². The normalized spacial score (nSPS) is 13.1. The van der Waals surface area contributed by atoms with Crippen molar-refractivity contribution in [2.75, 3.05) is 0 Å². The predicted octanol–water partition coefficient (Wildman–Crippen LogP) is 3.47. The molecule has 23 heavy (non-hydrogen) atoms. The van der Waals surface area contributed by atoms with Crippen LogP contribution in [0.15, 0.2) is 17.8 Å². The van der Waals surface area contributed by atoms with Gasteiger partial charge in [-0.3, -0.25) is 9.48 Å². The average molecular weight is 334 g/mol. The maximum absolute atomic E-state index is 12.3. The maximum atomic E-state index is 12.3. The Morgan fingerprint density at radius 3 is 2.65 bits per heavy atom. The minimum Gasteiger partial charge on any atom is -0.349 e. The number of nitrogens with one attached hydrogen (secondary N) is 1. The van der Waals surface area contributed by atoms with Crippen molar-refractivity contribution in [2.45, 2.75) is 65.5 Å². The van der Waals surface area contributed by atoms with E-state index in [4.69, 9.17) is 0 Å². The Hall–Kier alpha value is -1.69. The van der Waals surface area contributed by atoms with Gasteiger partial charge in [0.25, 0.3) is 0 Å². The van der Waals surface area contributed by atoms with Gasteiger partial charge in [-0.25, -0.2) is 4.98 Å². The molecule has 0 aliphatic rings. The molecule has 126 valence electrons. The molecule has 1 N–H and O–H groups in total. The zero-order valence-electron chi connectivity index (χ0n) is 14.6. The van der Waals surface area contributed by atoms with E-state index in [1.165, 1.54) is 0 Å². The molecule has 6 heteroatoms. The Labute approximate surface area is 142 Å². The van der Waals surface area contributed by atoms with Crippen LogP contribution in [0, 0.1) is 0 Å². The van der Waals surface area contributed by atoms with Crippen molar-refractivity contribution in [2.24, 2.45) is 0 Å². The first-order valence-corrected chi connectivity index (χ1v) is 8.98. The van der Waals surface area contributed by atoms with Crippen molar-refractivity contribution < 1.29 is 4.79 Å². The lowest BCUT2D eigenvalue weighted by atomic mass is 9.98. The van der Waals surface area contributed by atoms with Crippen molar-refractivity contribution in [3.63, 3.8) is 0 Å². The van der Waals surface area contributed by atoms with Gasteiger partial charge >= 0.3 is 0 Å². The Kier molecular flexibility index (Phi) is 5.57. The van der Waals surface area contributed by atoms with Gasteiger partial charge in [0.1, 0.15) is 0 Å². The largest absolute Gasteiger partial charge is 0.349 e. The lowest BCUT2D eigenvalue weighted by Gasteiger charge is -2.15. The summed E-state index contributed by atoms with van der Waals surface area (Å²) in [6.45, 7) is 11.3. The summed E-state index contributed by atoms with van der Waals surface area (Å²) in [6, 6.07) is 0.00326. The second kappa shape index (κ2) is 7.25. The van der Waals surface area contributed by atoms with E-state index in [0.717, 1.165) is 29.2 Å². The molecule has 0 aromatic carbocycles. The van der Waals surface area contributed by atoms with Crippen LogP contribution < -0.4 is 5.32 Å². The highest BCUT2D eigenvalue weighted by molar-refractivity contribution is 7.09. The molecule has 1 atom stereocenters. The first-order chi connectivity index (χ1) is 10.8. The van der Waals surface area contributed by atoms with E-state index < -0.39 is 0 Å². The highest BCUT2D eigenvalue weighted by atomic mass is 32.1. The van der Waals surface area contributed by atoms with Gasteiger partial charge in [-0.1, -0.05) is 27.7 Å². The van der Waals surface area contributed by atoms with Gasteiger partial charge in [0.15, 0.2) is 0 Å². The lowest BCUT2D eigenvalue weighted by Crippen LogP contribution is -2.29. The van der Waals surface area contributed by atoms with Crippen LogP contribution in [0.4, 0.5) is 0 Å². The Morgan fingerprint density at radius 1 is 1.39 bits per heavy atom. The monoisotopic (exact) mass is 334 g/mol. The maximum Gasteiger partial charge on any atom is 0.226 e. The van der Waals surface area contributed by atoms with Gasteiger partial charge in [-0.15, -0.1) is 11.3 Å². The SMILES string of the molecule is CC[C@H](NC(=O)Cc1csc(C(C)(C)C)n1)c1cnn(CC)c1. The molecule has 2 heterocycles. The third-order valence-electron chi connectivity index (χ3n) is 3.66. The predicted molar refractivity (Wildman–Crippen MR) is 93.6 cm³/mol. The molecule has 5 nitrogen and oxygen atoms in total. The van der Waals surface area contributed by atoms with Gasteiger partial charge in [0.2, 0.25) is 5.91 Å². The first-order valence-electron chi connectivity index (χ1n) is 8.10. The Bertz CT molecular complexity index is 654. The summed E-state index contributed by atoms with van der Waals surface area (Å²) >= 11 is 1.62. The standard InChI is InChI=1S/C17H26N4OS/c1-6-14(12-9-18-21(7-2)10-12)20-15(22)8-13-11-23-16(19-13)17(3,4)5/h9-11,14H,6-8H2,1-5H3,(H,20,22)/t14-/m0/s1. The summed E-state index contributed by atoms with van der Waals surface area (Å²) < 4.78 is 1.88. The van der Waals surface area contributed by atoms with E-state index in [0.29, 0.717) is 6.42 Å². The van der Waals surface area contributed by atoms with Gasteiger partial charge in [0, 0.05) is 29.1 Å². The van der Waals surface area contributed by atoms with Crippen LogP contribution in [0.25, 0.3) is 0 Å². The van der Waals surface area contributed by atoms with Gasteiger partial charge in [-0.2, -0.15) is 5.10 Å². The molecule has 0 fully saturated rings. The summed E-state index contributed by atoms with van der Waals surface area (Å²) in [5, 5.41) is 10.4. The number of rotatable bonds is 6. The van der Waals surface area contributed by atoms with Crippen molar-refractivity contribution >= 4 is 17.2 Å². The number of aromatic nitrogens is 3. The number of amides is 1. The molecule has 0 unspecified atom stereocenters. The van der Waals surface area contributed by atoms with Crippen LogP contribution in [-0.4, -0.2) is 20.7 Å². The fourth-order valence-electron chi connectivity index (χ4n) is 2.30. The van der Waals surface area contributed by atoms with Crippen LogP contribution in [0.2, 0.25) is 0 Å². The van der Waals surface area contributed by atoms with Crippen molar-refractivity contribution in [1.29, 1.82) is 0 Å². The number of thiazole rings is 1. The smallest absolute Gasteiger partial charge is 0.226 e. The summed E-state index contributed by atoms with van der Waals surface area (Å²) in [5.74, 6) is 0.00635. The van der Waals surface area contributed by atoms with E-state index in [1.807, 2.05) is 29.4 Å². The topological polar surface area (TPSA) is 59.8 Å². The van der Waals surface area contributed by atoms with E-state index >= 15 is 0 Å². The number of hydrogen-bond acceptors (Lipinski definition) is 4. The molecule has 2 aromatic rings. The zero-order valence-corrected chi connectivity index (χ0v) is 15.4. The van der Waals surface area contributed by atoms with Crippen LogP contribution in [0.3, 0.4) is 0 Å². The van der Waals surface area contributed by atoms with Crippen molar-refractivity contribution in [3.05, 3.63) is 34.0 Å². The van der Waals surface area contributed by atoms with E-state index in [1.54, 1.807) is 11.3 Å². The summed E-state index contributed by atoms with van der Waals surface area (Å²) in [7, 11) is 0. The molecule has 0 aliphatic carbocycles. The Morgan fingerprint density at radius 2 is 2.13 bits per heavy atom. The molecule has 0 saturated heterocycles.